The average molecular weight is 304 g/mol. The molecule has 0 saturated carbocycles. The van der Waals surface area contributed by atoms with Crippen molar-refractivity contribution >= 4 is 17.1 Å². The second-order valence-corrected chi connectivity index (χ2v) is 5.32. The van der Waals surface area contributed by atoms with Crippen LogP contribution < -0.4 is 21.5 Å². The number of fused-ring (bicyclic) bond motifs is 1. The largest absolute Gasteiger partial charge is 0.340 e. The van der Waals surface area contributed by atoms with Crippen LogP contribution in [0.5, 0.6) is 0 Å². The second kappa shape index (κ2) is 5.80. The highest BCUT2D eigenvalue weighted by Gasteiger charge is 2.21. The Morgan fingerprint density at radius 1 is 1.27 bits per heavy atom. The highest BCUT2D eigenvalue weighted by Crippen LogP contribution is 2.19. The minimum Gasteiger partial charge on any atom is -0.340 e. The van der Waals surface area contributed by atoms with Gasteiger partial charge in [0.15, 0.2) is 11.2 Å². The highest BCUT2D eigenvalue weighted by molar-refractivity contribution is 5.74. The summed E-state index contributed by atoms with van der Waals surface area (Å²) in [4.78, 5) is 33.1. The van der Waals surface area contributed by atoms with E-state index in [1.807, 2.05) is 23.6 Å². The van der Waals surface area contributed by atoms with Gasteiger partial charge in [-0.1, -0.05) is 12.2 Å². The van der Waals surface area contributed by atoms with Crippen LogP contribution in [0.1, 0.15) is 6.92 Å². The molecule has 3 heterocycles. The molecule has 0 aromatic carbocycles. The van der Waals surface area contributed by atoms with Crippen LogP contribution in [-0.4, -0.2) is 45.3 Å². The number of imidazole rings is 1. The molecular formula is C14H20N6O2. The van der Waals surface area contributed by atoms with Gasteiger partial charge < -0.3 is 14.8 Å². The van der Waals surface area contributed by atoms with Crippen LogP contribution in [-0.2, 0) is 13.6 Å². The maximum absolute atomic E-state index is 12.2. The van der Waals surface area contributed by atoms with Gasteiger partial charge in [-0.05, 0) is 6.92 Å². The molecule has 0 amide bonds. The Labute approximate surface area is 127 Å². The van der Waals surface area contributed by atoms with Gasteiger partial charge in [0.1, 0.15) is 0 Å². The number of aryl methyl sites for hydroxylation is 1. The zero-order valence-electron chi connectivity index (χ0n) is 12.8. The van der Waals surface area contributed by atoms with Crippen molar-refractivity contribution in [1.29, 1.82) is 0 Å². The predicted molar refractivity (Wildman–Crippen MR) is 85.5 cm³/mol. The summed E-state index contributed by atoms with van der Waals surface area (Å²) in [5.41, 5.74) is 0.0250. The summed E-state index contributed by atoms with van der Waals surface area (Å²) in [6.45, 7) is 5.89. The van der Waals surface area contributed by atoms with Gasteiger partial charge in [0.05, 0.1) is 0 Å². The third kappa shape index (κ3) is 2.35. The number of aromatic amines is 1. The molecule has 1 aliphatic heterocycles. The Bertz CT molecular complexity index is 822. The van der Waals surface area contributed by atoms with Crippen molar-refractivity contribution in [3.05, 3.63) is 33.0 Å². The Kier molecular flexibility index (Phi) is 3.84. The van der Waals surface area contributed by atoms with Crippen molar-refractivity contribution in [2.45, 2.75) is 13.5 Å². The monoisotopic (exact) mass is 304 g/mol. The number of aromatic nitrogens is 4. The number of hydrogen-bond acceptors (Lipinski definition) is 5. The first-order valence-corrected chi connectivity index (χ1v) is 7.40. The SMILES string of the molecule is C/C=C/Cn1c(N2CCNCC2)nc2c1c(=O)[nH]c(=O)n2C. The number of rotatable bonds is 3. The molecule has 22 heavy (non-hydrogen) atoms. The topological polar surface area (TPSA) is 88.0 Å². The molecule has 0 unspecified atom stereocenters. The second-order valence-electron chi connectivity index (χ2n) is 5.32. The molecular weight excluding hydrogens is 284 g/mol. The van der Waals surface area contributed by atoms with E-state index in [1.54, 1.807) is 7.05 Å². The van der Waals surface area contributed by atoms with Crippen LogP contribution in [0.15, 0.2) is 21.7 Å². The molecule has 8 nitrogen and oxygen atoms in total. The van der Waals surface area contributed by atoms with Gasteiger partial charge in [0, 0.05) is 39.8 Å². The summed E-state index contributed by atoms with van der Waals surface area (Å²) in [5.74, 6) is 0.737. The van der Waals surface area contributed by atoms with Crippen LogP contribution in [0.2, 0.25) is 0 Å². The molecule has 2 aromatic heterocycles. The van der Waals surface area contributed by atoms with Crippen LogP contribution >= 0.6 is 0 Å². The predicted octanol–water partition coefficient (Wildman–Crippen LogP) is -0.591. The standard InChI is InChI=1S/C14H20N6O2/c1-3-4-7-20-10-11(18(2)14(22)17-12(10)21)16-13(20)19-8-5-15-6-9-19/h3-4,15H,5-9H2,1-2H3,(H,17,21,22)/b4-3+. The van der Waals surface area contributed by atoms with Gasteiger partial charge in [-0.15, -0.1) is 0 Å². The normalized spacial score (nSPS) is 16.0. The summed E-state index contributed by atoms with van der Waals surface area (Å²) >= 11 is 0. The molecule has 1 aliphatic rings. The number of anilines is 1. The zero-order valence-corrected chi connectivity index (χ0v) is 12.8. The number of nitrogens with zero attached hydrogens (tertiary/aromatic N) is 4. The zero-order chi connectivity index (χ0) is 15.7. The molecule has 2 aromatic rings. The molecule has 0 bridgehead atoms. The summed E-state index contributed by atoms with van der Waals surface area (Å²) in [6.07, 6.45) is 3.90. The summed E-state index contributed by atoms with van der Waals surface area (Å²) in [7, 11) is 1.62. The van der Waals surface area contributed by atoms with Gasteiger partial charge in [-0.3, -0.25) is 14.3 Å². The average Bonchev–Trinajstić information content (AvgIpc) is 2.91. The number of nitrogens with one attached hydrogen (secondary N) is 2. The molecule has 0 spiro atoms. The number of piperazine rings is 1. The van der Waals surface area contributed by atoms with Crippen LogP contribution in [0, 0.1) is 0 Å². The first kappa shape index (κ1) is 14.6. The first-order chi connectivity index (χ1) is 10.6. The molecule has 0 aliphatic carbocycles. The van der Waals surface area contributed by atoms with E-state index >= 15 is 0 Å². The van der Waals surface area contributed by atoms with Crippen molar-refractivity contribution in [2.24, 2.45) is 7.05 Å². The van der Waals surface area contributed by atoms with E-state index in [-0.39, 0.29) is 0 Å². The Morgan fingerprint density at radius 2 is 2.00 bits per heavy atom. The van der Waals surface area contributed by atoms with Crippen LogP contribution in [0.25, 0.3) is 11.2 Å². The van der Waals surface area contributed by atoms with E-state index < -0.39 is 11.2 Å². The Morgan fingerprint density at radius 3 is 2.68 bits per heavy atom. The molecule has 0 radical (unpaired) electrons. The maximum Gasteiger partial charge on any atom is 0.329 e. The third-order valence-corrected chi connectivity index (χ3v) is 3.91. The van der Waals surface area contributed by atoms with Crippen molar-refractivity contribution in [3.63, 3.8) is 0 Å². The molecule has 1 saturated heterocycles. The van der Waals surface area contributed by atoms with Crippen LogP contribution in [0.3, 0.4) is 0 Å². The Hall–Kier alpha value is -2.35. The summed E-state index contributed by atoms with van der Waals surface area (Å²) in [5, 5.41) is 3.30. The van der Waals surface area contributed by atoms with Gasteiger partial charge in [-0.25, -0.2) is 4.79 Å². The van der Waals surface area contributed by atoms with Gasteiger partial charge >= 0.3 is 5.69 Å². The van der Waals surface area contributed by atoms with Crippen molar-refractivity contribution in [2.75, 3.05) is 31.1 Å². The van der Waals surface area contributed by atoms with E-state index in [1.165, 1.54) is 4.57 Å². The fraction of sp³-hybridized carbons (Fsp3) is 0.500. The first-order valence-electron chi connectivity index (χ1n) is 7.40. The lowest BCUT2D eigenvalue weighted by Gasteiger charge is -2.28. The number of allylic oxidation sites excluding steroid dienone is 2. The molecule has 118 valence electrons. The molecule has 1 fully saturated rings. The van der Waals surface area contributed by atoms with Gasteiger partial charge in [-0.2, -0.15) is 4.98 Å². The Balaban J connectivity index is 2.25. The summed E-state index contributed by atoms with van der Waals surface area (Å²) in [6, 6.07) is 0. The van der Waals surface area contributed by atoms with Crippen molar-refractivity contribution in [1.82, 2.24) is 24.4 Å². The van der Waals surface area contributed by atoms with E-state index in [2.05, 4.69) is 20.2 Å². The highest BCUT2D eigenvalue weighted by atomic mass is 16.2. The fourth-order valence-corrected chi connectivity index (χ4v) is 2.71. The van der Waals surface area contributed by atoms with Crippen molar-refractivity contribution in [3.8, 4) is 0 Å². The van der Waals surface area contributed by atoms with E-state index in [0.717, 1.165) is 32.1 Å². The lowest BCUT2D eigenvalue weighted by Crippen LogP contribution is -2.44. The van der Waals surface area contributed by atoms with Crippen molar-refractivity contribution < 1.29 is 0 Å². The smallest absolute Gasteiger partial charge is 0.329 e. The van der Waals surface area contributed by atoms with Gasteiger partial charge in [0.2, 0.25) is 5.95 Å². The third-order valence-electron chi connectivity index (χ3n) is 3.91. The molecule has 3 rings (SSSR count). The number of H-pyrrole nitrogens is 1. The van der Waals surface area contributed by atoms with E-state index in [9.17, 15) is 9.59 Å². The lowest BCUT2D eigenvalue weighted by atomic mass is 10.4. The lowest BCUT2D eigenvalue weighted by molar-refractivity contribution is 0.572. The minimum atomic E-state index is -0.444. The molecule has 0 atom stereocenters. The van der Waals surface area contributed by atoms with Gasteiger partial charge in [0.25, 0.3) is 5.56 Å². The molecule has 2 N–H and O–H groups in total. The molecule has 8 heteroatoms. The van der Waals surface area contributed by atoms with E-state index in [4.69, 9.17) is 0 Å². The fourth-order valence-electron chi connectivity index (χ4n) is 2.71. The minimum absolute atomic E-state index is 0.392. The van der Waals surface area contributed by atoms with Crippen LogP contribution in [0.4, 0.5) is 5.95 Å². The number of hydrogen-bond donors (Lipinski definition) is 2. The maximum atomic E-state index is 12.2. The summed E-state index contributed by atoms with van der Waals surface area (Å²) < 4.78 is 3.26. The quantitative estimate of drug-likeness (QED) is 0.740. The van der Waals surface area contributed by atoms with E-state index in [0.29, 0.717) is 17.7 Å².